The molecule has 0 aliphatic rings. The van der Waals surface area contributed by atoms with Crippen molar-refractivity contribution in [3.05, 3.63) is 0 Å². The van der Waals surface area contributed by atoms with E-state index in [1.54, 1.807) is 7.11 Å². The van der Waals surface area contributed by atoms with Crippen molar-refractivity contribution in [2.24, 2.45) is 0 Å². The molecule has 0 amide bonds. The van der Waals surface area contributed by atoms with Crippen molar-refractivity contribution in [1.82, 2.24) is 9.80 Å². The van der Waals surface area contributed by atoms with Gasteiger partial charge >= 0.3 is 0 Å². The first-order chi connectivity index (χ1) is 6.07. The van der Waals surface area contributed by atoms with Crippen LogP contribution in [-0.2, 0) is 4.74 Å². The van der Waals surface area contributed by atoms with Crippen molar-refractivity contribution < 1.29 is 4.74 Å². The van der Waals surface area contributed by atoms with Crippen LogP contribution in [0.1, 0.15) is 13.8 Å². The van der Waals surface area contributed by atoms with Gasteiger partial charge in [-0.15, -0.1) is 0 Å². The summed E-state index contributed by atoms with van der Waals surface area (Å²) in [6.45, 7) is 8.54. The van der Waals surface area contributed by atoms with Crippen LogP contribution in [0.4, 0.5) is 0 Å². The van der Waals surface area contributed by atoms with Gasteiger partial charge in [-0.1, -0.05) is 0 Å². The molecule has 3 nitrogen and oxygen atoms in total. The zero-order chi connectivity index (χ0) is 10.3. The van der Waals surface area contributed by atoms with Gasteiger partial charge in [0.1, 0.15) is 0 Å². The van der Waals surface area contributed by atoms with Crippen molar-refractivity contribution in [2.75, 3.05) is 47.4 Å². The molecule has 0 heterocycles. The highest BCUT2D eigenvalue weighted by atomic mass is 16.5. The second-order valence-corrected chi connectivity index (χ2v) is 3.93. The number of hydrogen-bond acceptors (Lipinski definition) is 3. The first-order valence-electron chi connectivity index (χ1n) is 4.95. The van der Waals surface area contributed by atoms with Gasteiger partial charge in [0, 0.05) is 32.8 Å². The SMILES string of the molecule is COCCN(CCN(C)C)C(C)C. The monoisotopic (exact) mass is 188 g/mol. The van der Waals surface area contributed by atoms with Crippen LogP contribution in [0.15, 0.2) is 0 Å². The van der Waals surface area contributed by atoms with Gasteiger partial charge in [0.25, 0.3) is 0 Å². The molecule has 80 valence electrons. The van der Waals surface area contributed by atoms with E-state index in [-0.39, 0.29) is 0 Å². The molecule has 0 aliphatic heterocycles. The Kier molecular flexibility index (Phi) is 7.23. The molecule has 13 heavy (non-hydrogen) atoms. The fraction of sp³-hybridized carbons (Fsp3) is 1.00. The quantitative estimate of drug-likeness (QED) is 0.590. The number of nitrogens with zero attached hydrogens (tertiary/aromatic N) is 2. The minimum Gasteiger partial charge on any atom is -0.383 e. The zero-order valence-electron chi connectivity index (χ0n) is 9.71. The van der Waals surface area contributed by atoms with Crippen LogP contribution < -0.4 is 0 Å². The van der Waals surface area contributed by atoms with Crippen LogP contribution in [0.25, 0.3) is 0 Å². The van der Waals surface area contributed by atoms with Crippen LogP contribution in [0, 0.1) is 0 Å². The van der Waals surface area contributed by atoms with E-state index in [1.165, 1.54) is 0 Å². The van der Waals surface area contributed by atoms with Crippen molar-refractivity contribution >= 4 is 0 Å². The number of hydrogen-bond donors (Lipinski definition) is 0. The summed E-state index contributed by atoms with van der Waals surface area (Å²) in [4.78, 5) is 4.64. The normalized spacial score (nSPS) is 12.0. The zero-order valence-corrected chi connectivity index (χ0v) is 9.71. The summed E-state index contributed by atoms with van der Waals surface area (Å²) in [5.74, 6) is 0. The Hall–Kier alpha value is -0.120. The lowest BCUT2D eigenvalue weighted by Gasteiger charge is -2.27. The Labute approximate surface area is 82.7 Å². The van der Waals surface area contributed by atoms with Crippen LogP contribution in [0.2, 0.25) is 0 Å². The molecular weight excluding hydrogens is 164 g/mol. The first kappa shape index (κ1) is 12.9. The molecule has 0 fully saturated rings. The standard InChI is InChI=1S/C10H24N2O/c1-10(2)12(8-9-13-5)7-6-11(3)4/h10H,6-9H2,1-5H3. The lowest BCUT2D eigenvalue weighted by molar-refractivity contribution is 0.123. The van der Waals surface area contributed by atoms with E-state index < -0.39 is 0 Å². The van der Waals surface area contributed by atoms with Crippen molar-refractivity contribution in [2.45, 2.75) is 19.9 Å². The lowest BCUT2D eigenvalue weighted by Crippen LogP contribution is -2.38. The molecule has 0 aliphatic carbocycles. The molecule has 0 radical (unpaired) electrons. The second kappa shape index (κ2) is 7.30. The number of likely N-dealkylation sites (N-methyl/N-ethyl adjacent to an activating group) is 1. The van der Waals surface area contributed by atoms with E-state index in [9.17, 15) is 0 Å². The van der Waals surface area contributed by atoms with Gasteiger partial charge in [-0.25, -0.2) is 0 Å². The van der Waals surface area contributed by atoms with Crippen molar-refractivity contribution in [1.29, 1.82) is 0 Å². The maximum atomic E-state index is 5.07. The lowest BCUT2D eigenvalue weighted by atomic mass is 10.3. The van der Waals surface area contributed by atoms with Gasteiger partial charge in [-0.3, -0.25) is 4.90 Å². The molecule has 0 aromatic carbocycles. The summed E-state index contributed by atoms with van der Waals surface area (Å²) in [6.07, 6.45) is 0. The van der Waals surface area contributed by atoms with Gasteiger partial charge in [0.15, 0.2) is 0 Å². The third-order valence-electron chi connectivity index (χ3n) is 2.15. The summed E-state index contributed by atoms with van der Waals surface area (Å²) in [6, 6.07) is 0.607. The number of ether oxygens (including phenoxy) is 1. The Bertz CT molecular complexity index is 115. The topological polar surface area (TPSA) is 15.7 Å². The highest BCUT2D eigenvalue weighted by Crippen LogP contribution is 1.97. The minimum absolute atomic E-state index is 0.607. The van der Waals surface area contributed by atoms with Gasteiger partial charge < -0.3 is 9.64 Å². The molecule has 3 heteroatoms. The molecule has 0 atom stereocenters. The summed E-state index contributed by atoms with van der Waals surface area (Å²) >= 11 is 0. The maximum Gasteiger partial charge on any atom is 0.0589 e. The summed E-state index contributed by atoms with van der Waals surface area (Å²) in [7, 11) is 5.97. The third-order valence-corrected chi connectivity index (χ3v) is 2.15. The fourth-order valence-corrected chi connectivity index (χ4v) is 1.17. The molecule has 0 aromatic rings. The van der Waals surface area contributed by atoms with Gasteiger partial charge in [0.05, 0.1) is 6.61 Å². The summed E-state index contributed by atoms with van der Waals surface area (Å²) in [5.41, 5.74) is 0. The maximum absolute atomic E-state index is 5.07. The predicted molar refractivity (Wildman–Crippen MR) is 57.1 cm³/mol. The molecule has 0 unspecified atom stereocenters. The molecule has 0 bridgehead atoms. The van der Waals surface area contributed by atoms with Gasteiger partial charge in [-0.05, 0) is 27.9 Å². The highest BCUT2D eigenvalue weighted by Gasteiger charge is 2.08. The Morgan fingerprint density at radius 3 is 2.08 bits per heavy atom. The van der Waals surface area contributed by atoms with E-state index in [4.69, 9.17) is 4.74 Å². The highest BCUT2D eigenvalue weighted by molar-refractivity contribution is 4.63. The van der Waals surface area contributed by atoms with Crippen LogP contribution in [0.5, 0.6) is 0 Å². The number of methoxy groups -OCH3 is 1. The molecule has 0 rings (SSSR count). The molecule has 0 spiro atoms. The first-order valence-corrected chi connectivity index (χ1v) is 4.95. The molecule has 0 saturated heterocycles. The average molecular weight is 188 g/mol. The van der Waals surface area contributed by atoms with E-state index in [1.807, 2.05) is 0 Å². The minimum atomic E-state index is 0.607. The van der Waals surface area contributed by atoms with Gasteiger partial charge in [0.2, 0.25) is 0 Å². The van der Waals surface area contributed by atoms with Crippen molar-refractivity contribution in [3.8, 4) is 0 Å². The molecule has 0 N–H and O–H groups in total. The fourth-order valence-electron chi connectivity index (χ4n) is 1.17. The Morgan fingerprint density at radius 1 is 1.08 bits per heavy atom. The largest absolute Gasteiger partial charge is 0.383 e. The van der Waals surface area contributed by atoms with Gasteiger partial charge in [-0.2, -0.15) is 0 Å². The average Bonchev–Trinajstić information content (AvgIpc) is 2.03. The second-order valence-electron chi connectivity index (χ2n) is 3.93. The molecule has 0 saturated carbocycles. The van der Waals surface area contributed by atoms with E-state index in [0.29, 0.717) is 6.04 Å². The van der Waals surface area contributed by atoms with Crippen LogP contribution in [-0.4, -0.2) is 63.3 Å². The van der Waals surface area contributed by atoms with Crippen LogP contribution >= 0.6 is 0 Å². The summed E-state index contributed by atoms with van der Waals surface area (Å²) in [5, 5.41) is 0. The Balaban J connectivity index is 3.67. The van der Waals surface area contributed by atoms with E-state index >= 15 is 0 Å². The van der Waals surface area contributed by atoms with E-state index in [0.717, 1.165) is 26.2 Å². The van der Waals surface area contributed by atoms with E-state index in [2.05, 4.69) is 37.7 Å². The molecule has 0 aromatic heterocycles. The Morgan fingerprint density at radius 2 is 1.69 bits per heavy atom. The van der Waals surface area contributed by atoms with Crippen molar-refractivity contribution in [3.63, 3.8) is 0 Å². The smallest absolute Gasteiger partial charge is 0.0589 e. The predicted octanol–water partition coefficient (Wildman–Crippen LogP) is 0.905. The summed E-state index contributed by atoms with van der Waals surface area (Å²) < 4.78 is 5.07. The third kappa shape index (κ3) is 6.99. The van der Waals surface area contributed by atoms with Crippen LogP contribution in [0.3, 0.4) is 0 Å². The number of rotatable bonds is 7. The molecular formula is C10H24N2O.